The Kier molecular flexibility index (Phi) is 3.77. The monoisotopic (exact) mass is 313 g/mol. The molecule has 0 spiro atoms. The first kappa shape index (κ1) is 13.2. The largest absolute Gasteiger partial charge is 0.505 e. The number of piperazine rings is 1. The Morgan fingerprint density at radius 1 is 1.33 bits per heavy atom. The quantitative estimate of drug-likeness (QED) is 0.602. The number of amides is 1. The summed E-state index contributed by atoms with van der Waals surface area (Å²) in [7, 11) is 2.02. The molecule has 18 heavy (non-hydrogen) atoms. The zero-order valence-corrected chi connectivity index (χ0v) is 11.8. The molecule has 2 rings (SSSR count). The third-order valence-electron chi connectivity index (χ3n) is 3.16. The molecule has 5 nitrogen and oxygen atoms in total. The molecule has 0 unspecified atom stereocenters. The van der Waals surface area contributed by atoms with Crippen LogP contribution >= 0.6 is 15.9 Å². The van der Waals surface area contributed by atoms with E-state index in [4.69, 9.17) is 5.73 Å². The van der Waals surface area contributed by atoms with Crippen LogP contribution in [-0.2, 0) is 0 Å². The van der Waals surface area contributed by atoms with Crippen LogP contribution in [0.2, 0.25) is 0 Å². The number of nitrogens with two attached hydrogens (primary N) is 1. The number of carbonyl (C=O) groups excluding carboxylic acids is 1. The highest BCUT2D eigenvalue weighted by Gasteiger charge is 2.25. The van der Waals surface area contributed by atoms with Crippen LogP contribution in [0.4, 0.5) is 5.69 Å². The predicted molar refractivity (Wildman–Crippen MR) is 73.6 cm³/mol. The predicted octanol–water partition coefficient (Wildman–Crippen LogP) is 1.12. The van der Waals surface area contributed by atoms with Crippen LogP contribution in [0.25, 0.3) is 0 Å². The molecule has 0 aliphatic carbocycles. The molecule has 3 N–H and O–H groups in total. The normalized spacial score (nSPS) is 16.9. The second kappa shape index (κ2) is 5.16. The lowest BCUT2D eigenvalue weighted by Gasteiger charge is -2.32. The molecule has 1 amide bonds. The van der Waals surface area contributed by atoms with Crippen molar-refractivity contribution in [2.45, 2.75) is 0 Å². The highest BCUT2D eigenvalue weighted by molar-refractivity contribution is 9.10. The van der Waals surface area contributed by atoms with Crippen LogP contribution < -0.4 is 5.73 Å². The van der Waals surface area contributed by atoms with Gasteiger partial charge < -0.3 is 20.6 Å². The second-order valence-electron chi connectivity index (χ2n) is 4.46. The van der Waals surface area contributed by atoms with E-state index in [0.717, 1.165) is 13.1 Å². The van der Waals surface area contributed by atoms with E-state index in [1.54, 1.807) is 17.0 Å². The van der Waals surface area contributed by atoms with Crippen LogP contribution in [-0.4, -0.2) is 54.0 Å². The minimum atomic E-state index is -0.181. The number of hydrogen-bond donors (Lipinski definition) is 2. The van der Waals surface area contributed by atoms with E-state index in [1.165, 1.54) is 0 Å². The van der Waals surface area contributed by atoms with Gasteiger partial charge in [0.25, 0.3) is 5.91 Å². The first-order valence-electron chi connectivity index (χ1n) is 5.75. The Morgan fingerprint density at radius 3 is 2.56 bits per heavy atom. The third kappa shape index (κ3) is 2.44. The van der Waals surface area contributed by atoms with Gasteiger partial charge in [0.1, 0.15) is 0 Å². The molecule has 98 valence electrons. The fourth-order valence-electron chi connectivity index (χ4n) is 1.95. The average molecular weight is 314 g/mol. The van der Waals surface area contributed by atoms with Crippen molar-refractivity contribution in [1.29, 1.82) is 0 Å². The number of halogens is 1. The molecule has 1 aromatic carbocycles. The number of phenolic OH excluding ortho intramolecular Hbond substituents is 1. The van der Waals surface area contributed by atoms with Crippen molar-refractivity contribution >= 4 is 27.5 Å². The maximum atomic E-state index is 12.4. The van der Waals surface area contributed by atoms with Gasteiger partial charge in [-0.25, -0.2) is 0 Å². The van der Waals surface area contributed by atoms with Gasteiger partial charge in [0.2, 0.25) is 0 Å². The van der Waals surface area contributed by atoms with Gasteiger partial charge in [-0.05, 0) is 35.1 Å². The summed E-state index contributed by atoms with van der Waals surface area (Å²) in [6.45, 7) is 3.00. The number of nitrogen functional groups attached to an aromatic ring is 1. The molecule has 1 saturated heterocycles. The fraction of sp³-hybridized carbons (Fsp3) is 0.417. The molecule has 0 saturated carbocycles. The molecule has 1 fully saturated rings. The standard InChI is InChI=1S/C12H16BrN3O2/c1-15-4-6-16(7-5-15)12(18)10-8(13)2-3-9(14)11(10)17/h2-3,17H,4-7,14H2,1H3. The number of aromatic hydroxyl groups is 1. The van der Waals surface area contributed by atoms with Crippen molar-refractivity contribution in [2.24, 2.45) is 0 Å². The molecule has 0 bridgehead atoms. The van der Waals surface area contributed by atoms with Gasteiger partial charge >= 0.3 is 0 Å². The van der Waals surface area contributed by atoms with Crippen molar-refractivity contribution in [2.75, 3.05) is 39.0 Å². The first-order chi connectivity index (χ1) is 8.50. The number of benzene rings is 1. The smallest absolute Gasteiger partial charge is 0.258 e. The van der Waals surface area contributed by atoms with Crippen LogP contribution in [0.1, 0.15) is 10.4 Å². The van der Waals surface area contributed by atoms with E-state index in [9.17, 15) is 9.90 Å². The maximum absolute atomic E-state index is 12.4. The van der Waals surface area contributed by atoms with Crippen LogP contribution in [0.5, 0.6) is 5.75 Å². The lowest BCUT2D eigenvalue weighted by atomic mass is 10.1. The Bertz CT molecular complexity index is 471. The maximum Gasteiger partial charge on any atom is 0.258 e. The molecule has 1 heterocycles. The molecule has 1 aromatic rings. The summed E-state index contributed by atoms with van der Waals surface area (Å²) in [6.07, 6.45) is 0. The summed E-state index contributed by atoms with van der Waals surface area (Å²) in [6, 6.07) is 3.25. The number of likely N-dealkylation sites (N-methyl/N-ethyl adjacent to an activating group) is 1. The summed E-state index contributed by atoms with van der Waals surface area (Å²) in [5.74, 6) is -0.326. The Hall–Kier alpha value is -1.27. The SMILES string of the molecule is CN1CCN(C(=O)c2c(Br)ccc(N)c2O)CC1. The second-order valence-corrected chi connectivity index (χ2v) is 5.31. The summed E-state index contributed by atoms with van der Waals surface area (Å²) >= 11 is 3.29. The number of carbonyl (C=O) groups is 1. The van der Waals surface area contributed by atoms with E-state index >= 15 is 0 Å². The number of nitrogens with zero attached hydrogens (tertiary/aromatic N) is 2. The van der Waals surface area contributed by atoms with Gasteiger partial charge in [-0.2, -0.15) is 0 Å². The highest BCUT2D eigenvalue weighted by Crippen LogP contribution is 2.32. The Morgan fingerprint density at radius 2 is 1.94 bits per heavy atom. The van der Waals surface area contributed by atoms with Gasteiger partial charge in [0.15, 0.2) is 5.75 Å². The summed E-state index contributed by atoms with van der Waals surface area (Å²) < 4.78 is 0.568. The molecule has 0 radical (unpaired) electrons. The van der Waals surface area contributed by atoms with Gasteiger partial charge in [-0.15, -0.1) is 0 Å². The molecule has 0 aromatic heterocycles. The number of anilines is 1. The van der Waals surface area contributed by atoms with Crippen molar-refractivity contribution in [3.63, 3.8) is 0 Å². The fourth-order valence-corrected chi connectivity index (χ4v) is 2.44. The van der Waals surface area contributed by atoms with Gasteiger partial charge in [-0.1, -0.05) is 0 Å². The molecular formula is C12H16BrN3O2. The van der Waals surface area contributed by atoms with Gasteiger partial charge in [0, 0.05) is 30.7 Å². The molecule has 1 aliphatic rings. The van der Waals surface area contributed by atoms with E-state index < -0.39 is 0 Å². The van der Waals surface area contributed by atoms with E-state index in [-0.39, 0.29) is 22.9 Å². The molecule has 6 heteroatoms. The lowest BCUT2D eigenvalue weighted by Crippen LogP contribution is -2.47. The number of phenols is 1. The van der Waals surface area contributed by atoms with E-state index in [1.807, 2.05) is 7.05 Å². The summed E-state index contributed by atoms with van der Waals surface area (Å²) in [5.41, 5.74) is 6.10. The average Bonchev–Trinajstić information content (AvgIpc) is 2.35. The van der Waals surface area contributed by atoms with Gasteiger partial charge in [-0.3, -0.25) is 4.79 Å². The zero-order chi connectivity index (χ0) is 13.3. The minimum absolute atomic E-state index is 0.145. The van der Waals surface area contributed by atoms with E-state index in [0.29, 0.717) is 17.6 Å². The summed E-state index contributed by atoms with van der Waals surface area (Å²) in [4.78, 5) is 16.3. The third-order valence-corrected chi connectivity index (χ3v) is 3.82. The Balaban J connectivity index is 2.26. The van der Waals surface area contributed by atoms with Crippen LogP contribution in [0.3, 0.4) is 0 Å². The topological polar surface area (TPSA) is 69.8 Å². The van der Waals surface area contributed by atoms with Gasteiger partial charge in [0.05, 0.1) is 11.3 Å². The van der Waals surface area contributed by atoms with Crippen molar-refractivity contribution < 1.29 is 9.90 Å². The van der Waals surface area contributed by atoms with E-state index in [2.05, 4.69) is 20.8 Å². The lowest BCUT2D eigenvalue weighted by molar-refractivity contribution is 0.0660. The first-order valence-corrected chi connectivity index (χ1v) is 6.54. The zero-order valence-electron chi connectivity index (χ0n) is 10.2. The van der Waals surface area contributed by atoms with Crippen LogP contribution in [0.15, 0.2) is 16.6 Å². The van der Waals surface area contributed by atoms with Crippen molar-refractivity contribution in [1.82, 2.24) is 9.80 Å². The van der Waals surface area contributed by atoms with Crippen LogP contribution in [0, 0.1) is 0 Å². The van der Waals surface area contributed by atoms with Crippen molar-refractivity contribution in [3.05, 3.63) is 22.2 Å². The molecule has 1 aliphatic heterocycles. The molecular weight excluding hydrogens is 298 g/mol. The van der Waals surface area contributed by atoms with Crippen molar-refractivity contribution in [3.8, 4) is 5.75 Å². The number of rotatable bonds is 1. The summed E-state index contributed by atoms with van der Waals surface area (Å²) in [5, 5.41) is 9.92. The molecule has 0 atom stereocenters. The number of hydrogen-bond acceptors (Lipinski definition) is 4. The Labute approximate surface area is 114 Å². The minimum Gasteiger partial charge on any atom is -0.505 e. The highest BCUT2D eigenvalue weighted by atomic mass is 79.9.